The minimum absolute atomic E-state index is 0.518. The van der Waals surface area contributed by atoms with Crippen molar-refractivity contribution < 1.29 is 0 Å². The fraction of sp³-hybridized carbons (Fsp3) is 0.643. The molecule has 1 aliphatic heterocycles. The summed E-state index contributed by atoms with van der Waals surface area (Å²) in [5, 5.41) is 0.772. The third-order valence-corrected chi connectivity index (χ3v) is 3.95. The van der Waals surface area contributed by atoms with E-state index in [1.165, 1.54) is 25.7 Å². The Labute approximate surface area is 109 Å². The molecule has 1 aromatic heterocycles. The van der Waals surface area contributed by atoms with Gasteiger partial charge < -0.3 is 4.90 Å². The molecule has 1 fully saturated rings. The minimum atomic E-state index is 0.518. The second-order valence-electron chi connectivity index (χ2n) is 5.16. The predicted molar refractivity (Wildman–Crippen MR) is 73.7 cm³/mol. The molecule has 0 bridgehead atoms. The quantitative estimate of drug-likeness (QED) is 0.783. The summed E-state index contributed by atoms with van der Waals surface area (Å²) in [6.45, 7) is 6.78. The van der Waals surface area contributed by atoms with Gasteiger partial charge in [0.2, 0.25) is 0 Å². The molecular formula is C14H21ClN2. The molecule has 0 radical (unpaired) electrons. The lowest BCUT2D eigenvalue weighted by Crippen LogP contribution is -2.56. The maximum Gasteiger partial charge on any atom is 0.147 e. The monoisotopic (exact) mass is 252 g/mol. The average molecular weight is 253 g/mol. The Morgan fingerprint density at radius 2 is 1.94 bits per heavy atom. The standard InChI is InChI=1S/C14H21ClN2/c1-3-7-14(8-4-2)10-17(11-14)13-12(15)6-5-9-16-13/h5-6,9H,3-4,7-8,10-11H2,1-2H3. The van der Waals surface area contributed by atoms with E-state index in [0.717, 1.165) is 23.9 Å². The lowest BCUT2D eigenvalue weighted by atomic mass is 9.72. The first kappa shape index (κ1) is 12.7. The molecule has 94 valence electrons. The van der Waals surface area contributed by atoms with Crippen molar-refractivity contribution in [3.63, 3.8) is 0 Å². The van der Waals surface area contributed by atoms with Gasteiger partial charge in [0.05, 0.1) is 5.02 Å². The van der Waals surface area contributed by atoms with Crippen LogP contribution >= 0.6 is 11.6 Å². The zero-order valence-corrected chi connectivity index (χ0v) is 11.5. The summed E-state index contributed by atoms with van der Waals surface area (Å²) in [5.74, 6) is 0.956. The van der Waals surface area contributed by atoms with E-state index in [1.807, 2.05) is 18.3 Å². The summed E-state index contributed by atoms with van der Waals surface area (Å²) in [5.41, 5.74) is 0.518. The molecule has 2 rings (SSSR count). The first-order valence-corrected chi connectivity index (χ1v) is 6.94. The van der Waals surface area contributed by atoms with Crippen LogP contribution in [-0.2, 0) is 0 Å². The van der Waals surface area contributed by atoms with Crippen LogP contribution in [0.25, 0.3) is 0 Å². The van der Waals surface area contributed by atoms with Gasteiger partial charge >= 0.3 is 0 Å². The van der Waals surface area contributed by atoms with Gasteiger partial charge in [-0.3, -0.25) is 0 Å². The van der Waals surface area contributed by atoms with Crippen LogP contribution in [0.4, 0.5) is 5.82 Å². The Morgan fingerprint density at radius 3 is 2.47 bits per heavy atom. The van der Waals surface area contributed by atoms with Crippen LogP contribution < -0.4 is 4.90 Å². The number of hydrogen-bond donors (Lipinski definition) is 0. The molecule has 0 spiro atoms. The molecule has 0 aromatic carbocycles. The number of nitrogens with zero attached hydrogens (tertiary/aromatic N) is 2. The lowest BCUT2D eigenvalue weighted by Gasteiger charge is -2.51. The molecule has 2 nitrogen and oxygen atoms in total. The fourth-order valence-corrected chi connectivity index (χ4v) is 3.27. The van der Waals surface area contributed by atoms with Crippen molar-refractivity contribution in [1.82, 2.24) is 4.98 Å². The van der Waals surface area contributed by atoms with Gasteiger partial charge in [0.15, 0.2) is 0 Å². The lowest BCUT2D eigenvalue weighted by molar-refractivity contribution is 0.172. The first-order chi connectivity index (χ1) is 8.21. The largest absolute Gasteiger partial charge is 0.354 e. The van der Waals surface area contributed by atoms with Crippen LogP contribution in [0.3, 0.4) is 0 Å². The van der Waals surface area contributed by atoms with Crippen molar-refractivity contribution >= 4 is 17.4 Å². The van der Waals surface area contributed by atoms with Crippen molar-refractivity contribution in [2.75, 3.05) is 18.0 Å². The van der Waals surface area contributed by atoms with E-state index in [9.17, 15) is 0 Å². The predicted octanol–water partition coefficient (Wildman–Crippen LogP) is 4.14. The molecule has 0 atom stereocenters. The van der Waals surface area contributed by atoms with E-state index in [1.54, 1.807) is 0 Å². The fourth-order valence-electron chi connectivity index (χ4n) is 3.03. The molecule has 0 aliphatic carbocycles. The van der Waals surface area contributed by atoms with E-state index in [0.29, 0.717) is 5.41 Å². The summed E-state index contributed by atoms with van der Waals surface area (Å²) in [6, 6.07) is 3.81. The van der Waals surface area contributed by atoms with E-state index in [-0.39, 0.29) is 0 Å². The Hall–Kier alpha value is -0.760. The van der Waals surface area contributed by atoms with Crippen molar-refractivity contribution in [3.05, 3.63) is 23.4 Å². The van der Waals surface area contributed by atoms with E-state index >= 15 is 0 Å². The highest BCUT2D eigenvalue weighted by molar-refractivity contribution is 6.32. The maximum absolute atomic E-state index is 6.17. The molecule has 0 saturated carbocycles. The van der Waals surface area contributed by atoms with Gasteiger partial charge in [-0.05, 0) is 25.0 Å². The molecule has 1 saturated heterocycles. The Morgan fingerprint density at radius 1 is 1.29 bits per heavy atom. The van der Waals surface area contributed by atoms with E-state index < -0.39 is 0 Å². The van der Waals surface area contributed by atoms with Crippen LogP contribution in [0.1, 0.15) is 39.5 Å². The molecule has 0 amide bonds. The van der Waals surface area contributed by atoms with Crippen molar-refractivity contribution in [1.29, 1.82) is 0 Å². The molecule has 0 N–H and O–H groups in total. The Bertz CT molecular complexity index is 364. The topological polar surface area (TPSA) is 16.1 Å². The number of anilines is 1. The SMILES string of the molecule is CCCC1(CCC)CN(c2ncccc2Cl)C1. The van der Waals surface area contributed by atoms with Crippen molar-refractivity contribution in [2.45, 2.75) is 39.5 Å². The van der Waals surface area contributed by atoms with Gasteiger partial charge in [-0.1, -0.05) is 38.3 Å². The van der Waals surface area contributed by atoms with Crippen LogP contribution in [0.15, 0.2) is 18.3 Å². The third-order valence-electron chi connectivity index (χ3n) is 3.65. The Balaban J connectivity index is 2.03. The van der Waals surface area contributed by atoms with Gasteiger partial charge in [-0.25, -0.2) is 4.98 Å². The van der Waals surface area contributed by atoms with Gasteiger partial charge in [-0.15, -0.1) is 0 Å². The highest BCUT2D eigenvalue weighted by Crippen LogP contribution is 2.42. The average Bonchev–Trinajstić information content (AvgIpc) is 2.26. The highest BCUT2D eigenvalue weighted by Gasteiger charge is 2.42. The number of pyridine rings is 1. The van der Waals surface area contributed by atoms with Gasteiger partial charge in [0.1, 0.15) is 5.82 Å². The number of halogens is 1. The number of hydrogen-bond acceptors (Lipinski definition) is 2. The zero-order valence-electron chi connectivity index (χ0n) is 10.7. The molecule has 2 heterocycles. The molecule has 3 heteroatoms. The molecule has 0 unspecified atom stereocenters. The van der Waals surface area contributed by atoms with Gasteiger partial charge in [0, 0.05) is 24.7 Å². The normalized spacial score (nSPS) is 17.9. The Kier molecular flexibility index (Phi) is 3.93. The van der Waals surface area contributed by atoms with Gasteiger partial charge in [0.25, 0.3) is 0 Å². The second kappa shape index (κ2) is 5.26. The van der Waals surface area contributed by atoms with Crippen LogP contribution in [0.5, 0.6) is 0 Å². The maximum atomic E-state index is 6.17. The first-order valence-electron chi connectivity index (χ1n) is 6.56. The molecule has 1 aromatic rings. The number of rotatable bonds is 5. The van der Waals surface area contributed by atoms with Crippen LogP contribution in [-0.4, -0.2) is 18.1 Å². The molecule has 17 heavy (non-hydrogen) atoms. The van der Waals surface area contributed by atoms with Crippen LogP contribution in [0, 0.1) is 5.41 Å². The summed E-state index contributed by atoms with van der Waals surface area (Å²) >= 11 is 6.17. The zero-order chi connectivity index (χ0) is 12.3. The van der Waals surface area contributed by atoms with E-state index in [4.69, 9.17) is 11.6 Å². The summed E-state index contributed by atoms with van der Waals surface area (Å²) in [6.07, 6.45) is 7.00. The minimum Gasteiger partial charge on any atom is -0.354 e. The van der Waals surface area contributed by atoms with Crippen molar-refractivity contribution in [2.24, 2.45) is 5.41 Å². The molecule has 1 aliphatic rings. The summed E-state index contributed by atoms with van der Waals surface area (Å²) in [4.78, 5) is 6.69. The van der Waals surface area contributed by atoms with Gasteiger partial charge in [-0.2, -0.15) is 0 Å². The number of aromatic nitrogens is 1. The van der Waals surface area contributed by atoms with E-state index in [2.05, 4.69) is 23.7 Å². The highest BCUT2D eigenvalue weighted by atomic mass is 35.5. The summed E-state index contributed by atoms with van der Waals surface area (Å²) in [7, 11) is 0. The smallest absolute Gasteiger partial charge is 0.147 e. The summed E-state index contributed by atoms with van der Waals surface area (Å²) < 4.78 is 0. The van der Waals surface area contributed by atoms with Crippen LogP contribution in [0.2, 0.25) is 5.02 Å². The molecular weight excluding hydrogens is 232 g/mol. The van der Waals surface area contributed by atoms with Crippen molar-refractivity contribution in [3.8, 4) is 0 Å². The third kappa shape index (κ3) is 2.57. The second-order valence-corrected chi connectivity index (χ2v) is 5.57.